The maximum atomic E-state index is 12.7. The zero-order valence-electron chi connectivity index (χ0n) is 12.4. The summed E-state index contributed by atoms with van der Waals surface area (Å²) in [6.45, 7) is 7.60. The van der Waals surface area contributed by atoms with Gasteiger partial charge < -0.3 is 5.32 Å². The third-order valence-electron chi connectivity index (χ3n) is 3.88. The second-order valence-corrected chi connectivity index (χ2v) is 5.53. The molecule has 0 radical (unpaired) electrons. The average molecular weight is 274 g/mol. The van der Waals surface area contributed by atoms with Crippen molar-refractivity contribution < 1.29 is 9.59 Å². The fourth-order valence-electron chi connectivity index (χ4n) is 2.55. The van der Waals surface area contributed by atoms with Gasteiger partial charge in [0.25, 0.3) is 0 Å². The molecule has 1 N–H and O–H groups in total. The monoisotopic (exact) mass is 274 g/mol. The molecule has 1 amide bonds. The minimum Gasteiger partial charge on any atom is -0.355 e. The molecule has 2 rings (SSSR count). The molecule has 4 nitrogen and oxygen atoms in total. The third kappa shape index (κ3) is 3.25. The Morgan fingerprint density at radius 3 is 2.85 bits per heavy atom. The van der Waals surface area contributed by atoms with E-state index >= 15 is 0 Å². The van der Waals surface area contributed by atoms with E-state index in [1.54, 1.807) is 0 Å². The zero-order chi connectivity index (χ0) is 14.7. The number of nitrogens with one attached hydrogen (secondary N) is 1. The van der Waals surface area contributed by atoms with E-state index in [0.29, 0.717) is 13.1 Å². The van der Waals surface area contributed by atoms with E-state index in [9.17, 15) is 9.59 Å². The van der Waals surface area contributed by atoms with Crippen LogP contribution in [-0.4, -0.2) is 42.3 Å². The molecule has 1 fully saturated rings. The van der Waals surface area contributed by atoms with Crippen LogP contribution in [0.5, 0.6) is 0 Å². The topological polar surface area (TPSA) is 49.4 Å². The van der Waals surface area contributed by atoms with Crippen molar-refractivity contribution in [1.29, 1.82) is 0 Å². The lowest BCUT2D eigenvalue weighted by atomic mass is 9.97. The number of nitrogens with zero attached hydrogens (tertiary/aromatic N) is 1. The van der Waals surface area contributed by atoms with Gasteiger partial charge in [-0.3, -0.25) is 14.5 Å². The molecule has 1 aliphatic rings. The van der Waals surface area contributed by atoms with Crippen LogP contribution in [0.15, 0.2) is 18.2 Å². The molecule has 0 aliphatic carbocycles. The van der Waals surface area contributed by atoms with Gasteiger partial charge in [0.05, 0.1) is 12.6 Å². The van der Waals surface area contributed by atoms with Crippen molar-refractivity contribution in [3.8, 4) is 0 Å². The van der Waals surface area contributed by atoms with Crippen LogP contribution in [0.1, 0.15) is 34.8 Å². The second kappa shape index (κ2) is 6.18. The fourth-order valence-corrected chi connectivity index (χ4v) is 2.55. The lowest BCUT2D eigenvalue weighted by Gasteiger charge is -2.25. The number of rotatable bonds is 3. The van der Waals surface area contributed by atoms with Gasteiger partial charge in [0, 0.05) is 18.7 Å². The number of hydrogen-bond donors (Lipinski definition) is 1. The highest BCUT2D eigenvalue weighted by Crippen LogP contribution is 2.16. The van der Waals surface area contributed by atoms with E-state index in [2.05, 4.69) is 5.32 Å². The van der Waals surface area contributed by atoms with E-state index in [4.69, 9.17) is 0 Å². The number of benzene rings is 1. The smallest absolute Gasteiger partial charge is 0.234 e. The normalized spacial score (nSPS) is 18.2. The van der Waals surface area contributed by atoms with Gasteiger partial charge in [0.15, 0.2) is 5.78 Å². The predicted octanol–water partition coefficient (Wildman–Crippen LogP) is 1.70. The molecule has 0 spiro atoms. The summed E-state index contributed by atoms with van der Waals surface area (Å²) in [4.78, 5) is 26.2. The van der Waals surface area contributed by atoms with Crippen molar-refractivity contribution >= 4 is 11.7 Å². The number of carbonyl (C=O) groups excluding carboxylic acids is 2. The highest BCUT2D eigenvalue weighted by Gasteiger charge is 2.26. The Balaban J connectivity index is 2.19. The van der Waals surface area contributed by atoms with E-state index in [-0.39, 0.29) is 17.7 Å². The van der Waals surface area contributed by atoms with Gasteiger partial charge in [0.1, 0.15) is 0 Å². The van der Waals surface area contributed by atoms with E-state index in [1.165, 1.54) is 0 Å². The van der Waals surface area contributed by atoms with Gasteiger partial charge in [-0.25, -0.2) is 0 Å². The Kier molecular flexibility index (Phi) is 4.55. The molecule has 1 saturated heterocycles. The maximum Gasteiger partial charge on any atom is 0.234 e. The number of amides is 1. The Bertz CT molecular complexity index is 525. The van der Waals surface area contributed by atoms with Gasteiger partial charge in [-0.1, -0.05) is 17.7 Å². The lowest BCUT2D eigenvalue weighted by molar-refractivity contribution is -0.121. The lowest BCUT2D eigenvalue weighted by Crippen LogP contribution is -2.43. The van der Waals surface area contributed by atoms with Crippen LogP contribution in [-0.2, 0) is 4.79 Å². The largest absolute Gasteiger partial charge is 0.355 e. The molecule has 1 unspecified atom stereocenters. The SMILES string of the molecule is Cc1ccc(C)c(C(=O)C(C)N2CCCNC(=O)C2)c1. The minimum absolute atomic E-state index is 0.00288. The molecule has 20 heavy (non-hydrogen) atoms. The summed E-state index contributed by atoms with van der Waals surface area (Å²) in [5.74, 6) is 0.101. The van der Waals surface area contributed by atoms with Gasteiger partial charge in [-0.2, -0.15) is 0 Å². The van der Waals surface area contributed by atoms with Crippen molar-refractivity contribution in [2.24, 2.45) is 0 Å². The van der Waals surface area contributed by atoms with Crippen LogP contribution in [0.4, 0.5) is 0 Å². The van der Waals surface area contributed by atoms with Crippen molar-refractivity contribution in [3.05, 3.63) is 34.9 Å². The van der Waals surface area contributed by atoms with Crippen molar-refractivity contribution in [2.75, 3.05) is 19.6 Å². The molecule has 0 saturated carbocycles. The minimum atomic E-state index is -0.264. The molecular formula is C16H22N2O2. The second-order valence-electron chi connectivity index (χ2n) is 5.53. The number of ketones is 1. The first-order valence-electron chi connectivity index (χ1n) is 7.11. The molecule has 1 aromatic rings. The van der Waals surface area contributed by atoms with Gasteiger partial charge in [-0.15, -0.1) is 0 Å². The van der Waals surface area contributed by atoms with Crippen LogP contribution < -0.4 is 5.32 Å². The molecule has 0 bridgehead atoms. The first kappa shape index (κ1) is 14.7. The Morgan fingerprint density at radius 1 is 1.35 bits per heavy atom. The van der Waals surface area contributed by atoms with E-state index in [0.717, 1.165) is 29.7 Å². The third-order valence-corrected chi connectivity index (χ3v) is 3.88. The molecule has 1 atom stereocenters. The number of Topliss-reactive ketones (excluding diaryl/α,β-unsaturated/α-hetero) is 1. The highest BCUT2D eigenvalue weighted by atomic mass is 16.2. The van der Waals surface area contributed by atoms with Gasteiger partial charge >= 0.3 is 0 Å². The Hall–Kier alpha value is -1.68. The fraction of sp³-hybridized carbons (Fsp3) is 0.500. The average Bonchev–Trinajstić information content (AvgIpc) is 2.64. The number of aryl methyl sites for hydroxylation is 2. The highest BCUT2D eigenvalue weighted by molar-refractivity contribution is 6.01. The molecular weight excluding hydrogens is 252 g/mol. The van der Waals surface area contributed by atoms with E-state index < -0.39 is 0 Å². The summed E-state index contributed by atoms with van der Waals surface area (Å²) in [5, 5.41) is 2.84. The van der Waals surface area contributed by atoms with Gasteiger partial charge in [0.2, 0.25) is 5.91 Å². The summed E-state index contributed by atoms with van der Waals surface area (Å²) in [6, 6.07) is 5.66. The maximum absolute atomic E-state index is 12.7. The first-order valence-corrected chi connectivity index (χ1v) is 7.11. The molecule has 108 valence electrons. The predicted molar refractivity (Wildman–Crippen MR) is 78.9 cm³/mol. The molecule has 0 aromatic heterocycles. The number of hydrogen-bond acceptors (Lipinski definition) is 3. The summed E-state index contributed by atoms with van der Waals surface area (Å²) in [7, 11) is 0. The molecule has 1 aliphatic heterocycles. The molecule has 1 aromatic carbocycles. The van der Waals surface area contributed by atoms with Crippen LogP contribution in [0, 0.1) is 13.8 Å². The Labute approximate surface area is 120 Å². The van der Waals surface area contributed by atoms with Crippen molar-refractivity contribution in [3.63, 3.8) is 0 Å². The van der Waals surface area contributed by atoms with Crippen molar-refractivity contribution in [1.82, 2.24) is 10.2 Å². The quantitative estimate of drug-likeness (QED) is 0.853. The van der Waals surface area contributed by atoms with Gasteiger partial charge in [-0.05, 0) is 38.8 Å². The van der Waals surface area contributed by atoms with Crippen LogP contribution in [0.25, 0.3) is 0 Å². The Morgan fingerprint density at radius 2 is 2.10 bits per heavy atom. The summed E-state index contributed by atoms with van der Waals surface area (Å²) >= 11 is 0. The number of carbonyl (C=O) groups is 2. The van der Waals surface area contributed by atoms with Crippen molar-refractivity contribution in [2.45, 2.75) is 33.2 Å². The van der Waals surface area contributed by atoms with Crippen LogP contribution in [0.2, 0.25) is 0 Å². The van der Waals surface area contributed by atoms with E-state index in [1.807, 2.05) is 43.9 Å². The first-order chi connectivity index (χ1) is 9.49. The van der Waals surface area contributed by atoms with Crippen LogP contribution in [0.3, 0.4) is 0 Å². The summed E-state index contributed by atoms with van der Waals surface area (Å²) < 4.78 is 0. The van der Waals surface area contributed by atoms with Crippen LogP contribution >= 0.6 is 0 Å². The summed E-state index contributed by atoms with van der Waals surface area (Å²) in [6.07, 6.45) is 0.885. The standard InChI is InChI=1S/C16H22N2O2/c1-11-5-6-12(2)14(9-11)16(20)13(3)18-8-4-7-17-15(19)10-18/h5-6,9,13H,4,7-8,10H2,1-3H3,(H,17,19). The molecule has 4 heteroatoms. The molecule has 1 heterocycles. The zero-order valence-corrected chi connectivity index (χ0v) is 12.4. The summed E-state index contributed by atoms with van der Waals surface area (Å²) in [5.41, 5.74) is 2.84.